The molecule has 0 radical (unpaired) electrons. The van der Waals surface area contributed by atoms with Crippen LogP contribution in [0.4, 0.5) is 5.82 Å². The van der Waals surface area contributed by atoms with Gasteiger partial charge in [-0.05, 0) is 20.3 Å². The van der Waals surface area contributed by atoms with Gasteiger partial charge in [-0.1, -0.05) is 0 Å². The summed E-state index contributed by atoms with van der Waals surface area (Å²) < 4.78 is 46.7. The lowest BCUT2D eigenvalue weighted by molar-refractivity contribution is 0.568. The predicted molar refractivity (Wildman–Crippen MR) is 75.2 cm³/mol. The molecule has 2 rings (SSSR count). The summed E-state index contributed by atoms with van der Waals surface area (Å²) in [5.41, 5.74) is -0.709. The fourth-order valence-electron chi connectivity index (χ4n) is 2.21. The fourth-order valence-corrected chi connectivity index (χ4v) is 5.00. The lowest BCUT2D eigenvalue weighted by atomic mass is 10.0. The normalized spacial score (nSPS) is 25.6. The topological polar surface area (TPSA) is 106 Å². The molecule has 1 saturated heterocycles. The standard InChI is InChI=1S/C11H17N3O4S2/c1-8-12-6-9(19(3,15)16)10(13-8)14-11(2)4-5-20(17,18)7-11/h6H,4-5,7H2,1-3H3,(H,12,13,14)/t11-/m0/s1. The van der Waals surface area contributed by atoms with Crippen molar-refractivity contribution in [2.45, 2.75) is 30.7 Å². The maximum Gasteiger partial charge on any atom is 0.180 e. The van der Waals surface area contributed by atoms with E-state index in [0.717, 1.165) is 6.26 Å². The van der Waals surface area contributed by atoms with Crippen molar-refractivity contribution >= 4 is 25.5 Å². The van der Waals surface area contributed by atoms with Crippen LogP contribution in [-0.4, -0.2) is 50.1 Å². The summed E-state index contributed by atoms with van der Waals surface area (Å²) in [4.78, 5) is 7.96. The highest BCUT2D eigenvalue weighted by Crippen LogP contribution is 2.29. The highest BCUT2D eigenvalue weighted by molar-refractivity contribution is 7.91. The average Bonchev–Trinajstić information content (AvgIpc) is 2.50. The lowest BCUT2D eigenvalue weighted by Gasteiger charge is -2.25. The van der Waals surface area contributed by atoms with Gasteiger partial charge in [-0.25, -0.2) is 26.8 Å². The van der Waals surface area contributed by atoms with Crippen molar-refractivity contribution in [3.05, 3.63) is 12.0 Å². The summed E-state index contributed by atoms with van der Waals surface area (Å²) in [6.45, 7) is 3.39. The Balaban J connectivity index is 2.42. The molecular formula is C11H17N3O4S2. The molecule has 1 aliphatic heterocycles. The molecule has 7 nitrogen and oxygen atoms in total. The van der Waals surface area contributed by atoms with Crippen molar-refractivity contribution < 1.29 is 16.8 Å². The van der Waals surface area contributed by atoms with Crippen LogP contribution in [0.2, 0.25) is 0 Å². The van der Waals surface area contributed by atoms with Gasteiger partial charge in [0.05, 0.1) is 23.2 Å². The van der Waals surface area contributed by atoms with Crippen LogP contribution in [0, 0.1) is 6.92 Å². The molecule has 1 aliphatic rings. The summed E-state index contributed by atoms with van der Waals surface area (Å²) in [6.07, 6.45) is 2.73. The minimum Gasteiger partial charge on any atom is -0.363 e. The van der Waals surface area contributed by atoms with E-state index >= 15 is 0 Å². The quantitative estimate of drug-likeness (QED) is 0.847. The highest BCUT2D eigenvalue weighted by Gasteiger charge is 2.39. The minimum atomic E-state index is -3.48. The first-order chi connectivity index (χ1) is 9.01. The van der Waals surface area contributed by atoms with Gasteiger partial charge >= 0.3 is 0 Å². The van der Waals surface area contributed by atoms with Crippen LogP contribution in [-0.2, 0) is 19.7 Å². The Bertz CT molecular complexity index is 743. The molecule has 0 aromatic carbocycles. The number of aryl methyl sites for hydroxylation is 1. The SMILES string of the molecule is Cc1ncc(S(C)(=O)=O)c(N[C@@]2(C)CCS(=O)(=O)C2)n1. The molecule has 1 fully saturated rings. The molecule has 1 atom stereocenters. The van der Waals surface area contributed by atoms with Gasteiger partial charge < -0.3 is 5.32 Å². The first-order valence-corrected chi connectivity index (χ1v) is 9.74. The van der Waals surface area contributed by atoms with Crippen LogP contribution in [0.3, 0.4) is 0 Å². The third-order valence-electron chi connectivity index (χ3n) is 3.20. The number of hydrogen-bond donors (Lipinski definition) is 1. The van der Waals surface area contributed by atoms with Crippen molar-refractivity contribution in [3.63, 3.8) is 0 Å². The minimum absolute atomic E-state index is 0.0198. The van der Waals surface area contributed by atoms with Crippen LogP contribution in [0.1, 0.15) is 19.2 Å². The number of rotatable bonds is 3. The van der Waals surface area contributed by atoms with Crippen LogP contribution >= 0.6 is 0 Å². The number of anilines is 1. The zero-order chi connectivity index (χ0) is 15.2. The molecule has 1 N–H and O–H groups in total. The molecule has 0 bridgehead atoms. The molecule has 9 heteroatoms. The summed E-state index contributed by atoms with van der Waals surface area (Å²) >= 11 is 0. The van der Waals surface area contributed by atoms with Crippen molar-refractivity contribution in [2.24, 2.45) is 0 Å². The van der Waals surface area contributed by atoms with Gasteiger partial charge in [0.15, 0.2) is 19.7 Å². The predicted octanol–water partition coefficient (Wildman–Crippen LogP) is 0.178. The maximum absolute atomic E-state index is 11.7. The second-order valence-corrected chi connectivity index (χ2v) is 9.60. The number of sulfone groups is 2. The van der Waals surface area contributed by atoms with Crippen LogP contribution in [0.5, 0.6) is 0 Å². The molecule has 112 valence electrons. The largest absolute Gasteiger partial charge is 0.363 e. The molecule has 20 heavy (non-hydrogen) atoms. The Morgan fingerprint density at radius 1 is 1.40 bits per heavy atom. The van der Waals surface area contributed by atoms with E-state index in [9.17, 15) is 16.8 Å². The van der Waals surface area contributed by atoms with E-state index in [1.807, 2.05) is 0 Å². The number of aromatic nitrogens is 2. The van der Waals surface area contributed by atoms with Gasteiger partial charge in [0.25, 0.3) is 0 Å². The van der Waals surface area contributed by atoms with Gasteiger partial charge in [-0.15, -0.1) is 0 Å². The van der Waals surface area contributed by atoms with Gasteiger partial charge in [-0.3, -0.25) is 0 Å². The summed E-state index contributed by atoms with van der Waals surface area (Å²) in [6, 6.07) is 0. The second kappa shape index (κ2) is 4.66. The Kier molecular flexibility index (Phi) is 3.53. The van der Waals surface area contributed by atoms with E-state index in [2.05, 4.69) is 15.3 Å². The highest BCUT2D eigenvalue weighted by atomic mass is 32.2. The third kappa shape index (κ3) is 3.26. The third-order valence-corrected chi connectivity index (χ3v) is 6.20. The molecular weight excluding hydrogens is 302 g/mol. The van der Waals surface area contributed by atoms with Crippen LogP contribution < -0.4 is 5.32 Å². The molecule has 0 aliphatic carbocycles. The Morgan fingerprint density at radius 2 is 2.05 bits per heavy atom. The van der Waals surface area contributed by atoms with E-state index in [1.165, 1.54) is 6.20 Å². The zero-order valence-electron chi connectivity index (χ0n) is 11.5. The van der Waals surface area contributed by atoms with E-state index in [0.29, 0.717) is 12.2 Å². The molecule has 0 amide bonds. The summed E-state index contributed by atoms with van der Waals surface area (Å²) in [5, 5.41) is 2.98. The Hall–Kier alpha value is -1.22. The number of nitrogens with one attached hydrogen (secondary N) is 1. The van der Waals surface area contributed by atoms with Gasteiger partial charge in [0.2, 0.25) is 0 Å². The van der Waals surface area contributed by atoms with Gasteiger partial charge in [0, 0.05) is 6.26 Å². The lowest BCUT2D eigenvalue weighted by Crippen LogP contribution is -2.37. The second-order valence-electron chi connectivity index (χ2n) is 5.43. The number of nitrogens with zero attached hydrogens (tertiary/aromatic N) is 2. The van der Waals surface area contributed by atoms with E-state index in [4.69, 9.17) is 0 Å². The smallest absolute Gasteiger partial charge is 0.180 e. The van der Waals surface area contributed by atoms with Crippen LogP contribution in [0.25, 0.3) is 0 Å². The zero-order valence-corrected chi connectivity index (χ0v) is 13.2. The maximum atomic E-state index is 11.7. The summed E-state index contributed by atoms with van der Waals surface area (Å²) in [7, 11) is -6.57. The van der Waals surface area contributed by atoms with Crippen molar-refractivity contribution in [2.75, 3.05) is 23.1 Å². The van der Waals surface area contributed by atoms with E-state index in [1.54, 1.807) is 13.8 Å². The van der Waals surface area contributed by atoms with Gasteiger partial charge in [-0.2, -0.15) is 0 Å². The first kappa shape index (κ1) is 15.2. The summed E-state index contributed by atoms with van der Waals surface area (Å²) in [5.74, 6) is 0.644. The van der Waals surface area contributed by atoms with Crippen molar-refractivity contribution in [3.8, 4) is 0 Å². The Morgan fingerprint density at radius 3 is 2.55 bits per heavy atom. The van der Waals surface area contributed by atoms with Crippen molar-refractivity contribution in [1.29, 1.82) is 0 Å². The van der Waals surface area contributed by atoms with Crippen molar-refractivity contribution in [1.82, 2.24) is 9.97 Å². The average molecular weight is 319 g/mol. The molecule has 1 aromatic rings. The van der Waals surface area contributed by atoms with E-state index < -0.39 is 25.2 Å². The first-order valence-electron chi connectivity index (χ1n) is 6.03. The molecule has 0 saturated carbocycles. The van der Waals surface area contributed by atoms with E-state index in [-0.39, 0.29) is 22.2 Å². The Labute approximate surface area is 118 Å². The fraction of sp³-hybridized carbons (Fsp3) is 0.636. The molecule has 0 unspecified atom stereocenters. The molecule has 1 aromatic heterocycles. The van der Waals surface area contributed by atoms with Gasteiger partial charge in [0.1, 0.15) is 16.5 Å². The molecule has 0 spiro atoms. The molecule has 2 heterocycles. The monoisotopic (exact) mass is 319 g/mol. The van der Waals surface area contributed by atoms with Crippen LogP contribution in [0.15, 0.2) is 11.1 Å². The number of hydrogen-bond acceptors (Lipinski definition) is 7.